The van der Waals surface area contributed by atoms with Crippen LogP contribution in [0.15, 0.2) is 46.3 Å². The van der Waals surface area contributed by atoms with Crippen LogP contribution in [-0.4, -0.2) is 16.7 Å². The number of halogens is 2. The average molecular weight is 385 g/mol. The summed E-state index contributed by atoms with van der Waals surface area (Å²) in [6.45, 7) is 4.08. The molecule has 0 fully saturated rings. The first-order valence-corrected chi connectivity index (χ1v) is 9.81. The summed E-state index contributed by atoms with van der Waals surface area (Å²) < 4.78 is 0. The zero-order chi connectivity index (χ0) is 16.8. The van der Waals surface area contributed by atoms with E-state index in [2.05, 4.69) is 4.99 Å². The van der Waals surface area contributed by atoms with Gasteiger partial charge in [0.2, 0.25) is 0 Å². The third-order valence-corrected chi connectivity index (χ3v) is 5.93. The predicted molar refractivity (Wildman–Crippen MR) is 107 cm³/mol. The van der Waals surface area contributed by atoms with Gasteiger partial charge in [0.05, 0.1) is 10.7 Å². The monoisotopic (exact) mass is 384 g/mol. The van der Waals surface area contributed by atoms with Crippen LogP contribution in [0.25, 0.3) is 0 Å². The summed E-state index contributed by atoms with van der Waals surface area (Å²) in [6, 6.07) is 11.6. The highest BCUT2D eigenvalue weighted by Crippen LogP contribution is 2.30. The molecule has 0 heterocycles. The molecule has 0 saturated carbocycles. The summed E-state index contributed by atoms with van der Waals surface area (Å²) in [5.74, 6) is 1.74. The first kappa shape index (κ1) is 18.5. The minimum atomic E-state index is 0.584. The Kier molecular flexibility index (Phi) is 7.15. The van der Waals surface area contributed by atoms with E-state index in [1.807, 2.05) is 44.2 Å². The Hall–Kier alpha value is -0.810. The summed E-state index contributed by atoms with van der Waals surface area (Å²) in [6.07, 6.45) is 0. The minimum Gasteiger partial charge on any atom is -0.378 e. The smallest absolute Gasteiger partial charge is 0.159 e. The van der Waals surface area contributed by atoms with Crippen LogP contribution in [0.3, 0.4) is 0 Å². The Morgan fingerprint density at radius 2 is 1.78 bits per heavy atom. The van der Waals surface area contributed by atoms with Crippen molar-refractivity contribution in [3.05, 3.63) is 57.6 Å². The van der Waals surface area contributed by atoms with Gasteiger partial charge in [0.25, 0.3) is 0 Å². The third-order valence-electron chi connectivity index (χ3n) is 3.15. The standard InChI is InChI=1S/C17H18Cl2N2S2/c1-11-4-3-5-12(2)16(11)21-17(20)23-9-8-22-15-10-13(18)6-7-14(15)19/h3-7,10H,8-9H2,1-2H3,(H2,20,21). The van der Waals surface area contributed by atoms with E-state index in [0.717, 1.165) is 38.2 Å². The number of nitrogens with zero attached hydrogens (tertiary/aromatic N) is 1. The fourth-order valence-electron chi connectivity index (χ4n) is 2.01. The van der Waals surface area contributed by atoms with Gasteiger partial charge in [-0.2, -0.15) is 0 Å². The Morgan fingerprint density at radius 3 is 2.48 bits per heavy atom. The number of aliphatic imine (C=N–C) groups is 1. The van der Waals surface area contributed by atoms with Crippen molar-refractivity contribution in [2.45, 2.75) is 18.7 Å². The molecule has 0 aliphatic carbocycles. The topological polar surface area (TPSA) is 38.4 Å². The third kappa shape index (κ3) is 5.64. The number of para-hydroxylation sites is 1. The van der Waals surface area contributed by atoms with E-state index < -0.39 is 0 Å². The number of amidine groups is 1. The Balaban J connectivity index is 1.89. The lowest BCUT2D eigenvalue weighted by Crippen LogP contribution is -2.07. The number of rotatable bonds is 5. The molecule has 0 saturated heterocycles. The van der Waals surface area contributed by atoms with E-state index in [4.69, 9.17) is 28.9 Å². The molecule has 0 atom stereocenters. The second-order valence-corrected chi connectivity index (χ2v) is 8.06. The molecule has 0 radical (unpaired) electrons. The number of hydrogen-bond donors (Lipinski definition) is 1. The molecule has 0 aliphatic rings. The quantitative estimate of drug-likeness (QED) is 0.293. The predicted octanol–water partition coefficient (Wildman–Crippen LogP) is 6.08. The molecule has 2 nitrogen and oxygen atoms in total. The number of aryl methyl sites for hydroxylation is 2. The van der Waals surface area contributed by atoms with Crippen molar-refractivity contribution in [2.24, 2.45) is 10.7 Å². The minimum absolute atomic E-state index is 0.584. The molecule has 0 aromatic heterocycles. The Morgan fingerprint density at radius 1 is 1.09 bits per heavy atom. The lowest BCUT2D eigenvalue weighted by molar-refractivity contribution is 1.33. The van der Waals surface area contributed by atoms with E-state index in [1.165, 1.54) is 0 Å². The molecule has 0 bridgehead atoms. The average Bonchev–Trinajstić information content (AvgIpc) is 2.51. The van der Waals surface area contributed by atoms with E-state index in [1.54, 1.807) is 29.6 Å². The van der Waals surface area contributed by atoms with Crippen LogP contribution in [0.5, 0.6) is 0 Å². The molecule has 0 amide bonds. The number of thioether (sulfide) groups is 2. The van der Waals surface area contributed by atoms with Crippen LogP contribution >= 0.6 is 46.7 Å². The highest BCUT2D eigenvalue weighted by atomic mass is 35.5. The van der Waals surface area contributed by atoms with Crippen molar-refractivity contribution in [1.29, 1.82) is 0 Å². The van der Waals surface area contributed by atoms with Gasteiger partial charge in [-0.25, -0.2) is 4.99 Å². The van der Waals surface area contributed by atoms with Crippen molar-refractivity contribution in [2.75, 3.05) is 11.5 Å². The highest BCUT2D eigenvalue weighted by molar-refractivity contribution is 8.14. The van der Waals surface area contributed by atoms with E-state index >= 15 is 0 Å². The largest absolute Gasteiger partial charge is 0.378 e. The van der Waals surface area contributed by atoms with E-state index in [0.29, 0.717) is 10.2 Å². The van der Waals surface area contributed by atoms with Gasteiger partial charge in [-0.15, -0.1) is 11.8 Å². The van der Waals surface area contributed by atoms with Gasteiger partial charge in [0.1, 0.15) is 0 Å². The molecule has 2 aromatic rings. The molecule has 2 aromatic carbocycles. The summed E-state index contributed by atoms with van der Waals surface area (Å²) in [7, 11) is 0. The SMILES string of the molecule is Cc1cccc(C)c1N=C(N)SCCSc1cc(Cl)ccc1Cl. The molecule has 2 rings (SSSR count). The van der Waals surface area contributed by atoms with Gasteiger partial charge in [0, 0.05) is 21.4 Å². The van der Waals surface area contributed by atoms with Gasteiger partial charge in [-0.1, -0.05) is 53.2 Å². The summed E-state index contributed by atoms with van der Waals surface area (Å²) in [5.41, 5.74) is 9.26. The number of hydrogen-bond acceptors (Lipinski definition) is 3. The summed E-state index contributed by atoms with van der Waals surface area (Å²) in [5, 5.41) is 2.00. The maximum atomic E-state index is 6.15. The van der Waals surface area contributed by atoms with Crippen LogP contribution in [0.1, 0.15) is 11.1 Å². The molecule has 23 heavy (non-hydrogen) atoms. The molecule has 0 unspecified atom stereocenters. The first-order valence-electron chi connectivity index (χ1n) is 7.08. The molecule has 122 valence electrons. The lowest BCUT2D eigenvalue weighted by atomic mass is 10.1. The molecule has 6 heteroatoms. The van der Waals surface area contributed by atoms with E-state index in [-0.39, 0.29) is 0 Å². The number of benzene rings is 2. The second-order valence-electron chi connectivity index (χ2n) is 4.96. The maximum absolute atomic E-state index is 6.15. The fraction of sp³-hybridized carbons (Fsp3) is 0.235. The van der Waals surface area contributed by atoms with Gasteiger partial charge in [-0.05, 0) is 43.2 Å². The van der Waals surface area contributed by atoms with Crippen molar-refractivity contribution in [1.82, 2.24) is 0 Å². The molecular formula is C17H18Cl2N2S2. The number of nitrogens with two attached hydrogens (primary N) is 1. The summed E-state index contributed by atoms with van der Waals surface area (Å²) in [4.78, 5) is 5.53. The zero-order valence-electron chi connectivity index (χ0n) is 13.0. The Bertz CT molecular complexity index is 697. The fourth-order valence-corrected chi connectivity index (χ4v) is 4.20. The molecular weight excluding hydrogens is 367 g/mol. The normalized spacial score (nSPS) is 11.7. The molecule has 0 aliphatic heterocycles. The Labute approximate surface area is 155 Å². The van der Waals surface area contributed by atoms with Crippen LogP contribution in [0.4, 0.5) is 5.69 Å². The van der Waals surface area contributed by atoms with Crippen molar-refractivity contribution in [3.8, 4) is 0 Å². The maximum Gasteiger partial charge on any atom is 0.159 e. The van der Waals surface area contributed by atoms with Gasteiger partial charge in [0.15, 0.2) is 5.17 Å². The molecule has 0 spiro atoms. The second kappa shape index (κ2) is 8.88. The summed E-state index contributed by atoms with van der Waals surface area (Å²) >= 11 is 15.3. The van der Waals surface area contributed by atoms with Crippen LogP contribution in [0.2, 0.25) is 10.0 Å². The highest BCUT2D eigenvalue weighted by Gasteiger charge is 2.04. The van der Waals surface area contributed by atoms with Gasteiger partial charge >= 0.3 is 0 Å². The van der Waals surface area contributed by atoms with Crippen molar-refractivity contribution >= 4 is 57.6 Å². The van der Waals surface area contributed by atoms with Gasteiger partial charge < -0.3 is 5.73 Å². The van der Waals surface area contributed by atoms with Crippen LogP contribution < -0.4 is 5.73 Å². The van der Waals surface area contributed by atoms with Crippen molar-refractivity contribution < 1.29 is 0 Å². The lowest BCUT2D eigenvalue weighted by Gasteiger charge is -2.07. The molecule has 2 N–H and O–H groups in total. The van der Waals surface area contributed by atoms with E-state index in [9.17, 15) is 0 Å². The first-order chi connectivity index (χ1) is 11.0. The van der Waals surface area contributed by atoms with Crippen LogP contribution in [-0.2, 0) is 0 Å². The van der Waals surface area contributed by atoms with Crippen LogP contribution in [0, 0.1) is 13.8 Å². The van der Waals surface area contributed by atoms with Gasteiger partial charge in [-0.3, -0.25) is 0 Å². The van der Waals surface area contributed by atoms with Crippen molar-refractivity contribution in [3.63, 3.8) is 0 Å². The zero-order valence-corrected chi connectivity index (χ0v) is 16.1.